The van der Waals surface area contributed by atoms with Gasteiger partial charge in [0.2, 0.25) is 5.91 Å². The quantitative estimate of drug-likeness (QED) is 0.376. The highest BCUT2D eigenvalue weighted by Gasteiger charge is 2.30. The highest BCUT2D eigenvalue weighted by molar-refractivity contribution is 5.78. The molecule has 4 atom stereocenters. The Hall–Kier alpha value is -1.34. The molecule has 0 fully saturated rings. The molecule has 0 saturated carbocycles. The maximum Gasteiger partial charge on any atom is 0.407 e. The van der Waals surface area contributed by atoms with Crippen LogP contribution in [0, 0.1) is 17.8 Å². The van der Waals surface area contributed by atoms with Gasteiger partial charge in [-0.3, -0.25) is 4.79 Å². The smallest absolute Gasteiger partial charge is 0.407 e. The number of carbonyl (C=O) groups excluding carboxylic acids is 2. The van der Waals surface area contributed by atoms with E-state index in [0.717, 1.165) is 12.8 Å². The molecule has 2 amide bonds. The van der Waals surface area contributed by atoms with Gasteiger partial charge in [-0.1, -0.05) is 34.1 Å². The highest BCUT2D eigenvalue weighted by Crippen LogP contribution is 2.21. The van der Waals surface area contributed by atoms with E-state index in [1.165, 1.54) is 0 Å². The summed E-state index contributed by atoms with van der Waals surface area (Å²) < 4.78 is 5.34. The van der Waals surface area contributed by atoms with Gasteiger partial charge in [0, 0.05) is 12.5 Å². The molecule has 0 aliphatic carbocycles. The molecule has 0 heterocycles. The number of unbranched alkanes of at least 4 members (excludes halogenated alkanes) is 1. The van der Waals surface area contributed by atoms with E-state index in [1.807, 2.05) is 0 Å². The summed E-state index contributed by atoms with van der Waals surface area (Å²) in [5.74, 6) is 0.0195. The molecule has 0 aromatic carbocycles. The van der Waals surface area contributed by atoms with Gasteiger partial charge in [0.15, 0.2) is 0 Å². The van der Waals surface area contributed by atoms with Crippen molar-refractivity contribution in [2.45, 2.75) is 91.9 Å². The van der Waals surface area contributed by atoms with E-state index in [2.05, 4.69) is 31.4 Å². The number of carbonyl (C=O) groups is 2. The minimum atomic E-state index is -0.868. The Labute approximate surface area is 171 Å². The van der Waals surface area contributed by atoms with E-state index >= 15 is 0 Å². The summed E-state index contributed by atoms with van der Waals surface area (Å²) in [4.78, 5) is 24.5. The molecule has 5 N–H and O–H groups in total. The molecular weight excluding hydrogens is 358 g/mol. The Morgan fingerprint density at radius 3 is 2.21 bits per heavy atom. The van der Waals surface area contributed by atoms with Crippen LogP contribution in [0.3, 0.4) is 0 Å². The van der Waals surface area contributed by atoms with Crippen molar-refractivity contribution in [2.24, 2.45) is 23.5 Å². The molecule has 0 aliphatic rings. The van der Waals surface area contributed by atoms with Crippen LogP contribution in [0.4, 0.5) is 4.79 Å². The van der Waals surface area contributed by atoms with Crippen LogP contribution in [-0.4, -0.2) is 47.9 Å². The molecule has 28 heavy (non-hydrogen) atoms. The van der Waals surface area contributed by atoms with E-state index in [1.54, 1.807) is 27.7 Å². The van der Waals surface area contributed by atoms with Gasteiger partial charge in [-0.25, -0.2) is 4.79 Å². The number of nitrogens with two attached hydrogens (primary N) is 1. The van der Waals surface area contributed by atoms with Crippen molar-refractivity contribution in [1.29, 1.82) is 0 Å². The topological polar surface area (TPSA) is 114 Å². The van der Waals surface area contributed by atoms with Crippen LogP contribution in [0.2, 0.25) is 0 Å². The van der Waals surface area contributed by atoms with Crippen LogP contribution in [0.15, 0.2) is 0 Å². The van der Waals surface area contributed by atoms with Crippen LogP contribution in [-0.2, 0) is 9.53 Å². The van der Waals surface area contributed by atoms with Gasteiger partial charge >= 0.3 is 6.09 Å². The molecule has 0 aliphatic heterocycles. The molecule has 0 aromatic heterocycles. The van der Waals surface area contributed by atoms with Gasteiger partial charge in [-0.15, -0.1) is 0 Å². The highest BCUT2D eigenvalue weighted by atomic mass is 16.6. The number of aliphatic hydroxyl groups is 1. The molecule has 7 nitrogen and oxygen atoms in total. The zero-order chi connectivity index (χ0) is 21.9. The summed E-state index contributed by atoms with van der Waals surface area (Å²) in [7, 11) is 0. The van der Waals surface area contributed by atoms with Crippen molar-refractivity contribution in [3.8, 4) is 0 Å². The molecule has 7 heteroatoms. The SMILES string of the molecule is CCCCNC(=O)C(C)CC(O)C(CC(CN)C(C)C)NC(=O)OC(C)(C)C. The Kier molecular flexibility index (Phi) is 12.4. The number of amides is 2. The fraction of sp³-hybridized carbons (Fsp3) is 0.905. The van der Waals surface area contributed by atoms with Crippen LogP contribution in [0.5, 0.6) is 0 Å². The Balaban J connectivity index is 5.04. The third kappa shape index (κ3) is 11.5. The van der Waals surface area contributed by atoms with Gasteiger partial charge in [-0.05, 0) is 58.4 Å². The number of aliphatic hydroxyl groups excluding tert-OH is 1. The van der Waals surface area contributed by atoms with Crippen molar-refractivity contribution in [2.75, 3.05) is 13.1 Å². The zero-order valence-electron chi connectivity index (χ0n) is 18.9. The predicted octanol–water partition coefficient (Wildman–Crippen LogP) is 2.80. The summed E-state index contributed by atoms with van der Waals surface area (Å²) in [6.07, 6.45) is 1.28. The van der Waals surface area contributed by atoms with Gasteiger partial charge in [0.25, 0.3) is 0 Å². The average molecular weight is 402 g/mol. The summed E-state index contributed by atoms with van der Waals surface area (Å²) in [5.41, 5.74) is 5.25. The van der Waals surface area contributed by atoms with Crippen molar-refractivity contribution in [3.05, 3.63) is 0 Å². The molecule has 0 spiro atoms. The van der Waals surface area contributed by atoms with Gasteiger partial charge in [0.1, 0.15) is 5.60 Å². The first kappa shape index (κ1) is 26.7. The van der Waals surface area contributed by atoms with E-state index in [4.69, 9.17) is 10.5 Å². The second kappa shape index (κ2) is 13.0. The number of hydrogen-bond donors (Lipinski definition) is 4. The molecule has 166 valence electrons. The van der Waals surface area contributed by atoms with Crippen LogP contribution in [0.25, 0.3) is 0 Å². The Bertz CT molecular complexity index is 463. The second-order valence-electron chi connectivity index (χ2n) is 9.08. The van der Waals surface area contributed by atoms with Gasteiger partial charge < -0.3 is 26.2 Å². The Morgan fingerprint density at radius 2 is 1.75 bits per heavy atom. The molecule has 0 bridgehead atoms. The van der Waals surface area contributed by atoms with E-state index in [0.29, 0.717) is 25.4 Å². The molecular formula is C21H43N3O4. The number of hydrogen-bond acceptors (Lipinski definition) is 5. The number of alkyl carbamates (subject to hydrolysis) is 1. The molecule has 0 aromatic rings. The largest absolute Gasteiger partial charge is 0.444 e. The molecule has 4 unspecified atom stereocenters. The summed E-state index contributed by atoms with van der Waals surface area (Å²) in [6, 6.07) is -0.531. The summed E-state index contributed by atoms with van der Waals surface area (Å²) in [5, 5.41) is 16.5. The van der Waals surface area contributed by atoms with Crippen molar-refractivity contribution in [3.63, 3.8) is 0 Å². The normalized spacial score (nSPS) is 16.2. The second-order valence-corrected chi connectivity index (χ2v) is 9.08. The number of ether oxygens (including phenoxy) is 1. The van der Waals surface area contributed by atoms with Crippen LogP contribution >= 0.6 is 0 Å². The maximum absolute atomic E-state index is 12.3. The summed E-state index contributed by atoms with van der Waals surface area (Å²) in [6.45, 7) is 14.5. The van der Waals surface area contributed by atoms with Crippen molar-refractivity contribution in [1.82, 2.24) is 10.6 Å². The van der Waals surface area contributed by atoms with Crippen molar-refractivity contribution >= 4 is 12.0 Å². The first-order valence-electron chi connectivity index (χ1n) is 10.6. The summed E-state index contributed by atoms with van der Waals surface area (Å²) >= 11 is 0. The molecule has 0 saturated heterocycles. The fourth-order valence-corrected chi connectivity index (χ4v) is 2.93. The predicted molar refractivity (Wildman–Crippen MR) is 113 cm³/mol. The fourth-order valence-electron chi connectivity index (χ4n) is 2.93. The van der Waals surface area contributed by atoms with Gasteiger partial charge in [0.05, 0.1) is 12.1 Å². The minimum absolute atomic E-state index is 0.0808. The Morgan fingerprint density at radius 1 is 1.14 bits per heavy atom. The average Bonchev–Trinajstić information content (AvgIpc) is 2.56. The third-order valence-electron chi connectivity index (χ3n) is 4.84. The monoisotopic (exact) mass is 401 g/mol. The standard InChI is InChI=1S/C21H43N3O4/c1-8-9-10-23-19(26)15(4)11-18(25)17(12-16(13-22)14(2)3)24-20(27)28-21(5,6)7/h14-18,25H,8-13,22H2,1-7H3,(H,23,26)(H,24,27). The van der Waals surface area contributed by atoms with Gasteiger partial charge in [-0.2, -0.15) is 0 Å². The first-order valence-corrected chi connectivity index (χ1v) is 10.6. The van der Waals surface area contributed by atoms with Crippen molar-refractivity contribution < 1.29 is 19.4 Å². The third-order valence-corrected chi connectivity index (χ3v) is 4.84. The lowest BCUT2D eigenvalue weighted by molar-refractivity contribution is -0.125. The maximum atomic E-state index is 12.3. The number of nitrogens with one attached hydrogen (secondary N) is 2. The lowest BCUT2D eigenvalue weighted by Crippen LogP contribution is -2.48. The van der Waals surface area contributed by atoms with E-state index in [9.17, 15) is 14.7 Å². The lowest BCUT2D eigenvalue weighted by Gasteiger charge is -2.31. The lowest BCUT2D eigenvalue weighted by atomic mass is 9.85. The molecule has 0 radical (unpaired) electrons. The van der Waals surface area contributed by atoms with Crippen LogP contribution in [0.1, 0.15) is 74.1 Å². The zero-order valence-corrected chi connectivity index (χ0v) is 18.9. The minimum Gasteiger partial charge on any atom is -0.444 e. The van der Waals surface area contributed by atoms with E-state index in [-0.39, 0.29) is 24.2 Å². The number of rotatable bonds is 12. The first-order chi connectivity index (χ1) is 12.9. The van der Waals surface area contributed by atoms with Crippen LogP contribution < -0.4 is 16.4 Å². The molecule has 0 rings (SSSR count). The van der Waals surface area contributed by atoms with E-state index < -0.39 is 23.8 Å².